The van der Waals surface area contributed by atoms with E-state index in [1.54, 1.807) is 11.0 Å². The zero-order valence-corrected chi connectivity index (χ0v) is 19.1. The second-order valence-electron chi connectivity index (χ2n) is 8.05. The Hall–Kier alpha value is -3.19. The molecule has 1 aliphatic heterocycles. The molecule has 1 aromatic carbocycles. The molecule has 2 aromatic heterocycles. The number of hydrogen-bond acceptors (Lipinski definition) is 5. The lowest BCUT2D eigenvalue weighted by Crippen LogP contribution is -2.42. The molecule has 166 valence electrons. The highest BCUT2D eigenvalue weighted by Gasteiger charge is 2.31. The number of thiophene rings is 1. The van der Waals surface area contributed by atoms with E-state index in [-0.39, 0.29) is 18.3 Å². The SMILES string of the molecule is Cc1cc(C(=O)COC(=O)C2CCCN(C(=O)c3cccs3)C2)c(C)n1-c1ccccc1. The van der Waals surface area contributed by atoms with Crippen molar-refractivity contribution in [2.24, 2.45) is 5.92 Å². The maximum absolute atomic E-state index is 12.8. The molecule has 1 fully saturated rings. The van der Waals surface area contributed by atoms with E-state index in [4.69, 9.17) is 4.74 Å². The topological polar surface area (TPSA) is 68.6 Å². The van der Waals surface area contributed by atoms with E-state index < -0.39 is 11.9 Å². The minimum absolute atomic E-state index is 0.0538. The molecule has 1 atom stereocenters. The first-order chi connectivity index (χ1) is 15.5. The molecule has 0 spiro atoms. The molecule has 1 amide bonds. The van der Waals surface area contributed by atoms with Crippen molar-refractivity contribution in [3.05, 3.63) is 75.7 Å². The number of hydrogen-bond donors (Lipinski definition) is 0. The van der Waals surface area contributed by atoms with Gasteiger partial charge in [-0.1, -0.05) is 24.3 Å². The largest absolute Gasteiger partial charge is 0.457 e. The molecule has 0 aliphatic carbocycles. The van der Waals surface area contributed by atoms with Gasteiger partial charge < -0.3 is 14.2 Å². The quantitative estimate of drug-likeness (QED) is 0.411. The second-order valence-corrected chi connectivity index (χ2v) is 9.00. The van der Waals surface area contributed by atoms with Crippen molar-refractivity contribution in [2.45, 2.75) is 26.7 Å². The average Bonchev–Trinajstić information content (AvgIpc) is 3.45. The van der Waals surface area contributed by atoms with Crippen LogP contribution in [0.15, 0.2) is 53.9 Å². The Labute approximate surface area is 191 Å². The summed E-state index contributed by atoms with van der Waals surface area (Å²) < 4.78 is 7.41. The van der Waals surface area contributed by atoms with Crippen molar-refractivity contribution in [3.8, 4) is 5.69 Å². The van der Waals surface area contributed by atoms with E-state index in [2.05, 4.69) is 0 Å². The minimum atomic E-state index is -0.418. The number of piperidine rings is 1. The highest BCUT2D eigenvalue weighted by atomic mass is 32.1. The molecule has 7 heteroatoms. The van der Waals surface area contributed by atoms with Crippen LogP contribution in [0, 0.1) is 19.8 Å². The van der Waals surface area contributed by atoms with E-state index >= 15 is 0 Å². The molecule has 0 radical (unpaired) electrons. The molecule has 0 N–H and O–H groups in total. The molecule has 0 bridgehead atoms. The zero-order valence-electron chi connectivity index (χ0n) is 18.2. The average molecular weight is 451 g/mol. The molecule has 4 rings (SSSR count). The molecule has 0 saturated carbocycles. The summed E-state index contributed by atoms with van der Waals surface area (Å²) in [6.07, 6.45) is 1.40. The number of carbonyl (C=O) groups excluding carboxylic acids is 3. The number of rotatable bonds is 6. The summed E-state index contributed by atoms with van der Waals surface area (Å²) >= 11 is 1.39. The summed E-state index contributed by atoms with van der Waals surface area (Å²) in [7, 11) is 0. The van der Waals surface area contributed by atoms with Crippen LogP contribution >= 0.6 is 11.3 Å². The van der Waals surface area contributed by atoms with Crippen LogP contribution in [0.4, 0.5) is 0 Å². The Balaban J connectivity index is 1.38. The lowest BCUT2D eigenvalue weighted by molar-refractivity contribution is -0.148. The smallest absolute Gasteiger partial charge is 0.311 e. The number of benzene rings is 1. The second kappa shape index (κ2) is 9.53. The van der Waals surface area contributed by atoms with E-state index in [1.165, 1.54) is 11.3 Å². The first kappa shape index (κ1) is 22.0. The Morgan fingerprint density at radius 3 is 2.59 bits per heavy atom. The van der Waals surface area contributed by atoms with Gasteiger partial charge >= 0.3 is 5.97 Å². The normalized spacial score (nSPS) is 16.1. The Morgan fingerprint density at radius 2 is 1.88 bits per heavy atom. The number of amides is 1. The third-order valence-electron chi connectivity index (χ3n) is 5.87. The zero-order chi connectivity index (χ0) is 22.7. The van der Waals surface area contributed by atoms with Crippen LogP contribution in [0.5, 0.6) is 0 Å². The summed E-state index contributed by atoms with van der Waals surface area (Å²) in [6.45, 7) is 4.50. The molecule has 1 aliphatic rings. The number of aromatic nitrogens is 1. The number of Topliss-reactive ketones (excluding diaryl/α,β-unsaturated/α-hetero) is 1. The van der Waals surface area contributed by atoms with Gasteiger partial charge in [-0.2, -0.15) is 0 Å². The van der Waals surface area contributed by atoms with E-state index in [0.29, 0.717) is 30.0 Å². The first-order valence-electron chi connectivity index (χ1n) is 10.7. The summed E-state index contributed by atoms with van der Waals surface area (Å²) in [5.74, 6) is -1.10. The number of nitrogens with zero attached hydrogens (tertiary/aromatic N) is 2. The highest BCUT2D eigenvalue weighted by molar-refractivity contribution is 7.12. The predicted octanol–water partition coefficient (Wildman–Crippen LogP) is 4.43. The van der Waals surface area contributed by atoms with Gasteiger partial charge in [-0.25, -0.2) is 0 Å². The van der Waals surface area contributed by atoms with Crippen molar-refractivity contribution >= 4 is 29.0 Å². The van der Waals surface area contributed by atoms with Crippen LogP contribution in [0.2, 0.25) is 0 Å². The maximum Gasteiger partial charge on any atom is 0.311 e. The van der Waals surface area contributed by atoms with Crippen molar-refractivity contribution in [1.82, 2.24) is 9.47 Å². The lowest BCUT2D eigenvalue weighted by atomic mass is 9.98. The number of para-hydroxylation sites is 1. The number of esters is 1. The fraction of sp³-hybridized carbons (Fsp3) is 0.320. The third kappa shape index (κ3) is 4.53. The van der Waals surface area contributed by atoms with Crippen LogP contribution in [-0.4, -0.2) is 46.8 Å². The van der Waals surface area contributed by atoms with Gasteiger partial charge in [0, 0.05) is 35.7 Å². The van der Waals surface area contributed by atoms with Crippen molar-refractivity contribution in [2.75, 3.05) is 19.7 Å². The van der Waals surface area contributed by atoms with Gasteiger partial charge in [0.25, 0.3) is 5.91 Å². The highest BCUT2D eigenvalue weighted by Crippen LogP contribution is 2.23. The first-order valence-corrected chi connectivity index (χ1v) is 11.6. The monoisotopic (exact) mass is 450 g/mol. The molecule has 1 saturated heterocycles. The van der Waals surface area contributed by atoms with Crippen LogP contribution in [0.25, 0.3) is 5.69 Å². The molecule has 32 heavy (non-hydrogen) atoms. The molecular formula is C25H26N2O4S. The molecule has 1 unspecified atom stereocenters. The van der Waals surface area contributed by atoms with Crippen LogP contribution in [0.1, 0.15) is 44.3 Å². The molecule has 3 aromatic rings. The van der Waals surface area contributed by atoms with Crippen LogP contribution in [0.3, 0.4) is 0 Å². The molecule has 6 nitrogen and oxygen atoms in total. The molecular weight excluding hydrogens is 424 g/mol. The van der Waals surface area contributed by atoms with Gasteiger partial charge in [0.1, 0.15) is 0 Å². The fourth-order valence-corrected chi connectivity index (χ4v) is 4.95. The molecule has 3 heterocycles. The Bertz CT molecular complexity index is 1120. The summed E-state index contributed by atoms with van der Waals surface area (Å²) in [5, 5.41) is 1.86. The number of likely N-dealkylation sites (tertiary alicyclic amines) is 1. The number of ketones is 1. The minimum Gasteiger partial charge on any atom is -0.457 e. The van der Waals surface area contributed by atoms with Gasteiger partial charge in [0.05, 0.1) is 10.8 Å². The third-order valence-corrected chi connectivity index (χ3v) is 6.72. The van der Waals surface area contributed by atoms with E-state index in [1.807, 2.05) is 66.3 Å². The predicted molar refractivity (Wildman–Crippen MR) is 123 cm³/mol. The summed E-state index contributed by atoms with van der Waals surface area (Å²) in [4.78, 5) is 40.4. The lowest BCUT2D eigenvalue weighted by Gasteiger charge is -2.31. The standard InChI is InChI=1S/C25H26N2O4S/c1-17-14-21(18(2)27(17)20-9-4-3-5-10-20)22(28)16-31-25(30)19-8-6-12-26(15-19)24(29)23-11-7-13-32-23/h3-5,7,9-11,13-14,19H,6,8,12,15-16H2,1-2H3. The summed E-state index contributed by atoms with van der Waals surface area (Å²) in [5.41, 5.74) is 3.30. The van der Waals surface area contributed by atoms with Crippen molar-refractivity contribution < 1.29 is 19.1 Å². The summed E-state index contributed by atoms with van der Waals surface area (Å²) in [6, 6.07) is 15.3. The van der Waals surface area contributed by atoms with Gasteiger partial charge in [0.15, 0.2) is 6.61 Å². The van der Waals surface area contributed by atoms with Crippen LogP contribution < -0.4 is 0 Å². The van der Waals surface area contributed by atoms with Crippen LogP contribution in [-0.2, 0) is 9.53 Å². The van der Waals surface area contributed by atoms with E-state index in [9.17, 15) is 14.4 Å². The fourth-order valence-electron chi connectivity index (χ4n) is 4.26. The number of carbonyl (C=O) groups is 3. The van der Waals surface area contributed by atoms with Crippen molar-refractivity contribution in [3.63, 3.8) is 0 Å². The van der Waals surface area contributed by atoms with Gasteiger partial charge in [-0.3, -0.25) is 14.4 Å². The van der Waals surface area contributed by atoms with Gasteiger partial charge in [0.2, 0.25) is 5.78 Å². The maximum atomic E-state index is 12.8. The van der Waals surface area contributed by atoms with Gasteiger partial charge in [-0.15, -0.1) is 11.3 Å². The Kier molecular flexibility index (Phi) is 6.55. The Morgan fingerprint density at radius 1 is 1.09 bits per heavy atom. The van der Waals surface area contributed by atoms with Crippen molar-refractivity contribution in [1.29, 1.82) is 0 Å². The number of aryl methyl sites for hydroxylation is 1. The number of ether oxygens (including phenoxy) is 1. The van der Waals surface area contributed by atoms with Gasteiger partial charge in [-0.05, 0) is 56.3 Å². The van der Waals surface area contributed by atoms with E-state index in [0.717, 1.165) is 23.5 Å².